The van der Waals surface area contributed by atoms with Gasteiger partial charge in [0.05, 0.1) is 29.4 Å². The number of ether oxygens (including phenoxy) is 1. The first kappa shape index (κ1) is 9.56. The topological polar surface area (TPSA) is 44.8 Å². The molecule has 1 aromatic rings. The van der Waals surface area contributed by atoms with Gasteiger partial charge in [0.15, 0.2) is 0 Å². The Labute approximate surface area is 119 Å². The minimum Gasteiger partial charge on any atom is -0.465 e. The highest BCUT2D eigenvalue weighted by molar-refractivity contribution is 6.62. The fourth-order valence-corrected chi connectivity index (χ4v) is 1.61. The third kappa shape index (κ3) is 2.53. The van der Waals surface area contributed by atoms with Gasteiger partial charge in [-0.15, -0.1) is 0 Å². The summed E-state index contributed by atoms with van der Waals surface area (Å²) in [7, 11) is 0.0799. The molecule has 1 saturated heterocycles. The average Bonchev–Trinajstić information content (AvgIpc) is 2.65. The standard InChI is InChI=1S/C14H19BO4/c1-13(2)14(3,4)19-15(18-13)11-8-6-10(7-9-11)12(16)17-5/h6-9H,1-5H3/i6D,7D,8D,9D. The Bertz CT molecular complexity index is 630. The Morgan fingerprint density at radius 3 is 2.05 bits per heavy atom. The van der Waals surface area contributed by atoms with Gasteiger partial charge in [0.1, 0.15) is 0 Å². The third-order valence-electron chi connectivity index (χ3n) is 3.52. The predicted octanol–water partition coefficient (Wildman–Crippen LogP) is 1.77. The molecular weight excluding hydrogens is 243 g/mol. The normalized spacial score (nSPS) is 23.3. The van der Waals surface area contributed by atoms with E-state index in [2.05, 4.69) is 4.74 Å². The lowest BCUT2D eigenvalue weighted by Gasteiger charge is -2.32. The van der Waals surface area contributed by atoms with Crippen LogP contribution in [0.4, 0.5) is 0 Å². The Morgan fingerprint density at radius 2 is 1.63 bits per heavy atom. The number of hydrogen-bond donors (Lipinski definition) is 0. The van der Waals surface area contributed by atoms with Crippen molar-refractivity contribution in [1.29, 1.82) is 0 Å². The molecule has 0 radical (unpaired) electrons. The molecule has 0 spiro atoms. The SMILES string of the molecule is [2H]c1c([2H])c(C(=O)OC)c([2H])c([2H])c1B1OC(C)(C)C(C)(C)O1. The Morgan fingerprint density at radius 1 is 1.16 bits per heavy atom. The van der Waals surface area contributed by atoms with Crippen LogP contribution in [-0.4, -0.2) is 31.4 Å². The second-order valence-corrected chi connectivity index (χ2v) is 5.37. The second-order valence-electron chi connectivity index (χ2n) is 5.37. The molecule has 0 unspecified atom stereocenters. The fourth-order valence-electron chi connectivity index (χ4n) is 1.61. The summed E-state index contributed by atoms with van der Waals surface area (Å²) in [6.07, 6.45) is 0. The Kier molecular flexibility index (Phi) is 2.34. The number of esters is 1. The molecule has 0 aliphatic carbocycles. The van der Waals surface area contributed by atoms with Crippen molar-refractivity contribution >= 4 is 18.6 Å². The maximum Gasteiger partial charge on any atom is 0.494 e. The zero-order valence-electron chi connectivity index (χ0n) is 15.7. The zero-order chi connectivity index (χ0) is 17.7. The molecule has 1 aromatic carbocycles. The Balaban J connectivity index is 2.61. The highest BCUT2D eigenvalue weighted by Gasteiger charge is 2.51. The van der Waals surface area contributed by atoms with E-state index in [-0.39, 0.29) is 17.5 Å². The lowest BCUT2D eigenvalue weighted by molar-refractivity contribution is 0.00578. The summed E-state index contributed by atoms with van der Waals surface area (Å²) in [6.45, 7) is 7.30. The predicted molar refractivity (Wildman–Crippen MR) is 73.5 cm³/mol. The summed E-state index contributed by atoms with van der Waals surface area (Å²) in [4.78, 5) is 11.7. The van der Waals surface area contributed by atoms with Crippen LogP contribution in [0.2, 0.25) is 0 Å². The van der Waals surface area contributed by atoms with Crippen LogP contribution in [0, 0.1) is 0 Å². The van der Waals surface area contributed by atoms with E-state index >= 15 is 0 Å². The van der Waals surface area contributed by atoms with Crippen molar-refractivity contribution in [2.75, 3.05) is 7.11 Å². The summed E-state index contributed by atoms with van der Waals surface area (Å²) in [6, 6.07) is -1.68. The summed E-state index contributed by atoms with van der Waals surface area (Å²) < 4.78 is 48.3. The van der Waals surface area contributed by atoms with E-state index in [0.29, 0.717) is 0 Å². The van der Waals surface area contributed by atoms with Crippen molar-refractivity contribution in [3.63, 3.8) is 0 Å². The van der Waals surface area contributed by atoms with Gasteiger partial charge in [-0.05, 0) is 45.2 Å². The summed E-state index contributed by atoms with van der Waals surface area (Å²) in [5.74, 6) is -0.914. The van der Waals surface area contributed by atoms with Gasteiger partial charge in [-0.3, -0.25) is 0 Å². The number of methoxy groups -OCH3 is 1. The molecule has 19 heavy (non-hydrogen) atoms. The molecule has 4 nitrogen and oxygen atoms in total. The Hall–Kier alpha value is -1.33. The average molecular weight is 266 g/mol. The molecule has 0 amide bonds. The van der Waals surface area contributed by atoms with E-state index in [1.807, 2.05) is 27.7 Å². The molecule has 0 bridgehead atoms. The number of carbonyl (C=O) groups excluding carboxylic acids is 1. The van der Waals surface area contributed by atoms with Crippen molar-refractivity contribution < 1.29 is 24.3 Å². The minimum atomic E-state index is -1.04. The van der Waals surface area contributed by atoms with Crippen molar-refractivity contribution in [3.05, 3.63) is 29.7 Å². The van der Waals surface area contributed by atoms with Crippen LogP contribution in [0.3, 0.4) is 0 Å². The molecule has 102 valence electrons. The van der Waals surface area contributed by atoms with Crippen LogP contribution in [0.15, 0.2) is 24.2 Å². The molecule has 1 heterocycles. The molecule has 5 heteroatoms. The molecule has 2 rings (SSSR count). The summed E-state index contributed by atoms with van der Waals surface area (Å²) >= 11 is 0. The van der Waals surface area contributed by atoms with E-state index in [1.165, 1.54) is 0 Å². The first-order valence-electron chi connectivity index (χ1n) is 7.98. The van der Waals surface area contributed by atoms with Gasteiger partial charge in [-0.1, -0.05) is 12.1 Å². The van der Waals surface area contributed by atoms with Gasteiger partial charge >= 0.3 is 13.1 Å². The van der Waals surface area contributed by atoms with Crippen LogP contribution in [-0.2, 0) is 14.0 Å². The van der Waals surface area contributed by atoms with Crippen molar-refractivity contribution in [2.24, 2.45) is 0 Å². The van der Waals surface area contributed by atoms with E-state index in [9.17, 15) is 4.79 Å². The van der Waals surface area contributed by atoms with Crippen molar-refractivity contribution in [1.82, 2.24) is 0 Å². The highest BCUT2D eigenvalue weighted by Crippen LogP contribution is 2.36. The molecule has 1 fully saturated rings. The van der Waals surface area contributed by atoms with Gasteiger partial charge in [-0.2, -0.15) is 0 Å². The maximum absolute atomic E-state index is 11.7. The van der Waals surface area contributed by atoms with Gasteiger partial charge in [-0.25, -0.2) is 4.79 Å². The number of carbonyl (C=O) groups is 1. The molecule has 0 N–H and O–H groups in total. The highest BCUT2D eigenvalue weighted by atomic mass is 16.7. The van der Waals surface area contributed by atoms with Crippen LogP contribution in [0.5, 0.6) is 0 Å². The molecule has 1 aliphatic rings. The largest absolute Gasteiger partial charge is 0.494 e. The first-order chi connectivity index (χ1) is 10.4. The monoisotopic (exact) mass is 266 g/mol. The van der Waals surface area contributed by atoms with Crippen molar-refractivity contribution in [2.45, 2.75) is 38.9 Å². The smallest absolute Gasteiger partial charge is 0.465 e. The van der Waals surface area contributed by atoms with E-state index in [4.69, 9.17) is 14.8 Å². The minimum absolute atomic E-state index is 0.0219. The quantitative estimate of drug-likeness (QED) is 0.604. The van der Waals surface area contributed by atoms with Gasteiger partial charge in [0, 0.05) is 0 Å². The molecule has 0 atom stereocenters. The summed E-state index contributed by atoms with van der Waals surface area (Å²) in [5, 5.41) is 0. The number of hydrogen-bond acceptors (Lipinski definition) is 4. The van der Waals surface area contributed by atoms with Gasteiger partial charge < -0.3 is 14.0 Å². The molecule has 1 aliphatic heterocycles. The first-order valence-corrected chi connectivity index (χ1v) is 5.98. The maximum atomic E-state index is 11.7. The van der Waals surface area contributed by atoms with E-state index < -0.39 is 41.9 Å². The summed E-state index contributed by atoms with van der Waals surface area (Å²) in [5.41, 5.74) is -1.78. The zero-order valence-corrected chi connectivity index (χ0v) is 11.7. The van der Waals surface area contributed by atoms with E-state index in [1.54, 1.807) is 0 Å². The van der Waals surface area contributed by atoms with Crippen LogP contribution < -0.4 is 5.46 Å². The van der Waals surface area contributed by atoms with Gasteiger partial charge in [0.2, 0.25) is 0 Å². The lowest BCUT2D eigenvalue weighted by Crippen LogP contribution is -2.41. The van der Waals surface area contributed by atoms with E-state index in [0.717, 1.165) is 7.11 Å². The fraction of sp³-hybridized carbons (Fsp3) is 0.500. The van der Waals surface area contributed by atoms with Crippen LogP contribution >= 0.6 is 0 Å². The van der Waals surface area contributed by atoms with Gasteiger partial charge in [0.25, 0.3) is 0 Å². The lowest BCUT2D eigenvalue weighted by atomic mass is 9.79. The van der Waals surface area contributed by atoms with Crippen molar-refractivity contribution in [3.8, 4) is 0 Å². The number of benzene rings is 1. The second kappa shape index (κ2) is 4.65. The van der Waals surface area contributed by atoms with Crippen LogP contribution in [0.25, 0.3) is 0 Å². The molecule has 0 saturated carbocycles. The van der Waals surface area contributed by atoms with Crippen LogP contribution in [0.1, 0.15) is 43.5 Å². The third-order valence-corrected chi connectivity index (χ3v) is 3.52. The molecule has 0 aromatic heterocycles. The number of rotatable bonds is 2. The molecular formula is C14H19BO4.